The van der Waals surface area contributed by atoms with Crippen LogP contribution in [0.5, 0.6) is 0 Å². The molecule has 0 amide bonds. The van der Waals surface area contributed by atoms with Gasteiger partial charge in [0.25, 0.3) is 0 Å². The van der Waals surface area contributed by atoms with Crippen molar-refractivity contribution < 1.29 is 0 Å². The lowest BCUT2D eigenvalue weighted by atomic mass is 10.0. The molecular weight excluding hydrogens is 1020 g/mol. The lowest BCUT2D eigenvalue weighted by Crippen LogP contribution is -2.10. The third-order valence-corrected chi connectivity index (χ3v) is 17.0. The SMILES string of the molecule is c1ccc(-c2cc(-c3ccc(-n4c5ccccc5c5cc(N(c6ccc7ccccc7c6)c6ccc7ccccc7c6)ccc54)cc3)nc(-n3c4ccccc4c4cc(-c5ccc6c(c5)c5ccccc5n6-c5ccccc5)ccc43)n2)cc1. The lowest BCUT2D eigenvalue weighted by Gasteiger charge is -2.26. The Kier molecular flexibility index (Phi) is 10.8. The zero-order chi connectivity index (χ0) is 55.2. The van der Waals surface area contributed by atoms with Crippen LogP contribution in [0.2, 0.25) is 0 Å². The summed E-state index contributed by atoms with van der Waals surface area (Å²) in [6.45, 7) is 0. The highest BCUT2D eigenvalue weighted by Gasteiger charge is 2.22. The molecule has 0 atom stereocenters. The van der Waals surface area contributed by atoms with Crippen LogP contribution in [0.15, 0.2) is 303 Å². The fourth-order valence-electron chi connectivity index (χ4n) is 13.1. The molecule has 0 aliphatic heterocycles. The van der Waals surface area contributed by atoms with E-state index in [1.165, 1.54) is 54.1 Å². The standard InChI is InChI=1S/C78H50N6/c1-3-19-53(20-4-1)70-50-71(80-78(79-70)84-74-30-16-13-26-65(74)68-48-58(36-43-77(68)84)57-35-42-75-67(47-57)64-25-11-14-28-72(64)82(75)59-23-5-2-6-24-59)54-33-37-60(38-34-54)83-73-29-15-12-27-66(73)69-49-63(41-44-76(69)83)81(61-39-31-51-17-7-9-21-55(51)45-61)62-40-32-52-18-8-10-22-56(52)46-62/h1-50H. The smallest absolute Gasteiger partial charge is 0.235 e. The molecule has 0 N–H and O–H groups in total. The molecule has 0 aliphatic rings. The number of fused-ring (bicyclic) bond motifs is 11. The van der Waals surface area contributed by atoms with Crippen molar-refractivity contribution >= 4 is 104 Å². The number of aromatic nitrogens is 5. The minimum Gasteiger partial charge on any atom is -0.310 e. The zero-order valence-corrected chi connectivity index (χ0v) is 45.6. The molecule has 0 bridgehead atoms. The second-order valence-corrected chi connectivity index (χ2v) is 21.8. The molecule has 6 heteroatoms. The van der Waals surface area contributed by atoms with Gasteiger partial charge in [-0.15, -0.1) is 0 Å². The largest absolute Gasteiger partial charge is 0.310 e. The molecule has 0 unspecified atom stereocenters. The van der Waals surface area contributed by atoms with Gasteiger partial charge < -0.3 is 14.0 Å². The summed E-state index contributed by atoms with van der Waals surface area (Å²) in [6.07, 6.45) is 0. The van der Waals surface area contributed by atoms with Crippen LogP contribution in [0.4, 0.5) is 17.1 Å². The monoisotopic (exact) mass is 1070 g/mol. The van der Waals surface area contributed by atoms with Crippen molar-refractivity contribution in [3.05, 3.63) is 303 Å². The predicted octanol–water partition coefficient (Wildman–Crippen LogP) is 20.5. The molecule has 17 aromatic rings. The van der Waals surface area contributed by atoms with Crippen LogP contribution in [0.1, 0.15) is 0 Å². The Morgan fingerprint density at radius 2 is 0.595 bits per heavy atom. The van der Waals surface area contributed by atoms with Crippen LogP contribution in [-0.4, -0.2) is 23.7 Å². The first kappa shape index (κ1) is 47.5. The van der Waals surface area contributed by atoms with Crippen LogP contribution in [0.3, 0.4) is 0 Å². The van der Waals surface area contributed by atoms with Crippen molar-refractivity contribution in [3.63, 3.8) is 0 Å². The van der Waals surface area contributed by atoms with E-state index in [9.17, 15) is 0 Å². The van der Waals surface area contributed by atoms with E-state index in [-0.39, 0.29) is 0 Å². The molecule has 84 heavy (non-hydrogen) atoms. The van der Waals surface area contributed by atoms with Gasteiger partial charge in [0.05, 0.1) is 44.5 Å². The molecule has 0 aliphatic carbocycles. The number of nitrogens with zero attached hydrogens (tertiary/aromatic N) is 6. The number of para-hydroxylation sites is 4. The van der Waals surface area contributed by atoms with E-state index in [0.717, 1.165) is 94.9 Å². The van der Waals surface area contributed by atoms with Gasteiger partial charge in [-0.3, -0.25) is 4.57 Å². The maximum atomic E-state index is 5.48. The molecular formula is C78H50N6. The minimum absolute atomic E-state index is 0.615. The Morgan fingerprint density at radius 1 is 0.226 bits per heavy atom. The number of hydrogen-bond acceptors (Lipinski definition) is 3. The topological polar surface area (TPSA) is 43.8 Å². The van der Waals surface area contributed by atoms with Gasteiger partial charge in [0.2, 0.25) is 5.95 Å². The Bertz CT molecular complexity index is 5360. The summed E-state index contributed by atoms with van der Waals surface area (Å²) in [7, 11) is 0. The van der Waals surface area contributed by atoms with E-state index in [2.05, 4.69) is 322 Å². The van der Waals surface area contributed by atoms with Gasteiger partial charge in [-0.05, 0) is 148 Å². The maximum Gasteiger partial charge on any atom is 0.235 e. The summed E-state index contributed by atoms with van der Waals surface area (Å²) < 4.78 is 7.00. The van der Waals surface area contributed by atoms with E-state index in [1.54, 1.807) is 0 Å². The van der Waals surface area contributed by atoms with E-state index >= 15 is 0 Å². The lowest BCUT2D eigenvalue weighted by molar-refractivity contribution is 0.995. The van der Waals surface area contributed by atoms with Crippen LogP contribution < -0.4 is 4.90 Å². The van der Waals surface area contributed by atoms with E-state index in [1.807, 2.05) is 0 Å². The number of benzene rings is 13. The van der Waals surface area contributed by atoms with Crippen molar-refractivity contribution in [2.75, 3.05) is 4.90 Å². The van der Waals surface area contributed by atoms with Crippen LogP contribution >= 0.6 is 0 Å². The van der Waals surface area contributed by atoms with Gasteiger partial charge >= 0.3 is 0 Å². The molecule has 6 nitrogen and oxygen atoms in total. The van der Waals surface area contributed by atoms with Gasteiger partial charge in [-0.25, -0.2) is 9.97 Å². The summed E-state index contributed by atoms with van der Waals surface area (Å²) in [4.78, 5) is 13.3. The van der Waals surface area contributed by atoms with Crippen molar-refractivity contribution in [2.45, 2.75) is 0 Å². The van der Waals surface area contributed by atoms with E-state index < -0.39 is 0 Å². The van der Waals surface area contributed by atoms with Crippen molar-refractivity contribution in [1.29, 1.82) is 0 Å². The first-order valence-electron chi connectivity index (χ1n) is 28.6. The van der Waals surface area contributed by atoms with Gasteiger partial charge in [0.1, 0.15) is 0 Å². The molecule has 4 heterocycles. The van der Waals surface area contributed by atoms with E-state index in [4.69, 9.17) is 9.97 Å². The molecule has 0 saturated heterocycles. The summed E-state index contributed by atoms with van der Waals surface area (Å²) in [5.74, 6) is 0.615. The Hall–Kier alpha value is -11.3. The summed E-state index contributed by atoms with van der Waals surface area (Å²) in [5, 5.41) is 11.9. The average molecular weight is 1070 g/mol. The van der Waals surface area contributed by atoms with Crippen molar-refractivity contribution in [3.8, 4) is 51.0 Å². The summed E-state index contributed by atoms with van der Waals surface area (Å²) in [6, 6.07) is 110. The fourth-order valence-corrected chi connectivity index (χ4v) is 13.1. The molecule has 17 rings (SSSR count). The highest BCUT2D eigenvalue weighted by atomic mass is 15.2. The molecule has 0 radical (unpaired) electrons. The van der Waals surface area contributed by atoms with Gasteiger partial charge in [-0.1, -0.05) is 188 Å². The highest BCUT2D eigenvalue weighted by molar-refractivity contribution is 6.14. The molecule has 0 fully saturated rings. The number of rotatable bonds is 9. The first-order chi connectivity index (χ1) is 41.6. The Morgan fingerprint density at radius 3 is 1.14 bits per heavy atom. The van der Waals surface area contributed by atoms with Crippen molar-refractivity contribution in [2.24, 2.45) is 0 Å². The second-order valence-electron chi connectivity index (χ2n) is 21.8. The molecule has 0 spiro atoms. The second kappa shape index (κ2) is 19.2. The van der Waals surface area contributed by atoms with Crippen LogP contribution in [0, 0.1) is 0 Å². The average Bonchev–Trinajstić information content (AvgIpc) is 3.86. The number of hydrogen-bond donors (Lipinski definition) is 0. The molecule has 392 valence electrons. The normalized spacial score (nSPS) is 11.8. The Labute approximate surface area is 484 Å². The quantitative estimate of drug-likeness (QED) is 0.145. The molecule has 0 saturated carbocycles. The third kappa shape index (κ3) is 7.73. The van der Waals surface area contributed by atoms with Crippen LogP contribution in [-0.2, 0) is 0 Å². The van der Waals surface area contributed by atoms with E-state index in [0.29, 0.717) is 5.95 Å². The predicted molar refractivity (Wildman–Crippen MR) is 351 cm³/mol. The first-order valence-corrected chi connectivity index (χ1v) is 28.6. The van der Waals surface area contributed by atoms with Gasteiger partial charge in [0.15, 0.2) is 0 Å². The van der Waals surface area contributed by atoms with Crippen molar-refractivity contribution in [1.82, 2.24) is 23.7 Å². The number of anilines is 3. The van der Waals surface area contributed by atoms with Crippen LogP contribution in [0.25, 0.3) is 138 Å². The zero-order valence-electron chi connectivity index (χ0n) is 45.6. The minimum atomic E-state index is 0.615. The van der Waals surface area contributed by atoms with Gasteiger partial charge in [-0.2, -0.15) is 0 Å². The Balaban J connectivity index is 0.771. The third-order valence-electron chi connectivity index (χ3n) is 17.0. The molecule has 4 aromatic heterocycles. The van der Waals surface area contributed by atoms with Gasteiger partial charge in [0, 0.05) is 71.9 Å². The fraction of sp³-hybridized carbons (Fsp3) is 0. The summed E-state index contributed by atoms with van der Waals surface area (Å²) in [5.41, 5.74) is 18.3. The molecule has 13 aromatic carbocycles. The highest BCUT2D eigenvalue weighted by Crippen LogP contribution is 2.43. The maximum absolute atomic E-state index is 5.48. The summed E-state index contributed by atoms with van der Waals surface area (Å²) >= 11 is 0.